The smallest absolute Gasteiger partial charge is 0.251 e. The molecular weight excluding hydrogens is 385 g/mol. The zero-order valence-electron chi connectivity index (χ0n) is 15.0. The van der Waals surface area contributed by atoms with Crippen molar-refractivity contribution in [2.24, 2.45) is 0 Å². The molecule has 28 heavy (non-hydrogen) atoms. The molecule has 2 aromatic carbocycles. The molecule has 3 aromatic rings. The van der Waals surface area contributed by atoms with E-state index >= 15 is 0 Å². The van der Waals surface area contributed by atoms with Crippen molar-refractivity contribution in [3.8, 4) is 5.75 Å². The molecule has 1 unspecified atom stereocenters. The van der Waals surface area contributed by atoms with Crippen LogP contribution >= 0.6 is 0 Å². The SMILES string of the molecule is COc1cccc(C(=O)NCC(c2ccco2)S(=O)(=O)c2ccc(F)cc2)c1. The summed E-state index contributed by atoms with van der Waals surface area (Å²) in [6.07, 6.45) is 1.35. The van der Waals surface area contributed by atoms with Crippen LogP contribution in [0.25, 0.3) is 0 Å². The van der Waals surface area contributed by atoms with Crippen LogP contribution in [0.2, 0.25) is 0 Å². The molecule has 6 nitrogen and oxygen atoms in total. The molecule has 0 saturated heterocycles. The first kappa shape index (κ1) is 19.6. The van der Waals surface area contributed by atoms with Gasteiger partial charge in [0.25, 0.3) is 5.91 Å². The lowest BCUT2D eigenvalue weighted by atomic mass is 10.2. The van der Waals surface area contributed by atoms with Crippen LogP contribution in [0.5, 0.6) is 5.75 Å². The Balaban J connectivity index is 1.85. The van der Waals surface area contributed by atoms with Gasteiger partial charge in [-0.3, -0.25) is 4.79 Å². The topological polar surface area (TPSA) is 85.6 Å². The van der Waals surface area contributed by atoms with Gasteiger partial charge in [0.2, 0.25) is 0 Å². The van der Waals surface area contributed by atoms with E-state index in [-0.39, 0.29) is 17.2 Å². The maximum atomic E-state index is 13.2. The number of nitrogens with one attached hydrogen (secondary N) is 1. The van der Waals surface area contributed by atoms with Gasteiger partial charge in [-0.2, -0.15) is 0 Å². The summed E-state index contributed by atoms with van der Waals surface area (Å²) in [5.41, 5.74) is 0.330. The lowest BCUT2D eigenvalue weighted by Crippen LogP contribution is -2.31. The largest absolute Gasteiger partial charge is 0.497 e. The van der Waals surface area contributed by atoms with Crippen LogP contribution in [-0.2, 0) is 9.84 Å². The van der Waals surface area contributed by atoms with Crippen LogP contribution in [0.1, 0.15) is 21.4 Å². The van der Waals surface area contributed by atoms with Crippen molar-refractivity contribution in [3.05, 3.63) is 84.1 Å². The van der Waals surface area contributed by atoms with Crippen LogP contribution in [0.15, 0.2) is 76.2 Å². The first-order chi connectivity index (χ1) is 13.4. The average molecular weight is 403 g/mol. The number of benzene rings is 2. The molecule has 0 fully saturated rings. The molecule has 1 aromatic heterocycles. The number of rotatable bonds is 7. The monoisotopic (exact) mass is 403 g/mol. The van der Waals surface area contributed by atoms with Crippen LogP contribution in [-0.4, -0.2) is 28.0 Å². The number of methoxy groups -OCH3 is 1. The van der Waals surface area contributed by atoms with E-state index < -0.39 is 26.8 Å². The Morgan fingerprint density at radius 2 is 1.89 bits per heavy atom. The number of halogens is 1. The Morgan fingerprint density at radius 1 is 1.14 bits per heavy atom. The minimum atomic E-state index is -3.93. The molecule has 0 aliphatic carbocycles. The van der Waals surface area contributed by atoms with Crippen molar-refractivity contribution in [1.82, 2.24) is 5.32 Å². The molecule has 0 aliphatic rings. The van der Waals surface area contributed by atoms with E-state index in [1.165, 1.54) is 31.6 Å². The number of furan rings is 1. The average Bonchev–Trinajstić information content (AvgIpc) is 3.22. The summed E-state index contributed by atoms with van der Waals surface area (Å²) >= 11 is 0. The number of carbonyl (C=O) groups is 1. The quantitative estimate of drug-likeness (QED) is 0.612. The molecular formula is C20H18FNO5S. The fraction of sp³-hybridized carbons (Fsp3) is 0.150. The summed E-state index contributed by atoms with van der Waals surface area (Å²) in [7, 11) is -2.45. The van der Waals surface area contributed by atoms with E-state index in [1.54, 1.807) is 30.3 Å². The molecule has 8 heteroatoms. The lowest BCUT2D eigenvalue weighted by Gasteiger charge is -2.17. The van der Waals surface area contributed by atoms with Gasteiger partial charge >= 0.3 is 0 Å². The van der Waals surface area contributed by atoms with Gasteiger partial charge < -0.3 is 14.5 Å². The summed E-state index contributed by atoms with van der Waals surface area (Å²) < 4.78 is 49.6. The molecule has 146 valence electrons. The maximum absolute atomic E-state index is 13.2. The van der Waals surface area contributed by atoms with Crippen molar-refractivity contribution in [2.45, 2.75) is 10.1 Å². The number of sulfone groups is 1. The van der Waals surface area contributed by atoms with Gasteiger partial charge in [0, 0.05) is 12.1 Å². The molecule has 1 heterocycles. The second-order valence-electron chi connectivity index (χ2n) is 5.94. The van der Waals surface area contributed by atoms with Crippen molar-refractivity contribution in [3.63, 3.8) is 0 Å². The number of hydrogen-bond donors (Lipinski definition) is 1. The highest BCUT2D eigenvalue weighted by Gasteiger charge is 2.32. The summed E-state index contributed by atoms with van der Waals surface area (Å²) in [6.45, 7) is -0.219. The summed E-state index contributed by atoms with van der Waals surface area (Å²) in [6, 6.07) is 14.1. The molecule has 1 N–H and O–H groups in total. The summed E-state index contributed by atoms with van der Waals surface area (Å²) in [5.74, 6) is -0.311. The van der Waals surface area contributed by atoms with Crippen LogP contribution in [0, 0.1) is 5.82 Å². The minimum absolute atomic E-state index is 0.0640. The van der Waals surface area contributed by atoms with Crippen molar-refractivity contribution in [1.29, 1.82) is 0 Å². The zero-order valence-corrected chi connectivity index (χ0v) is 15.8. The molecule has 1 amide bonds. The van der Waals surface area contributed by atoms with E-state index in [1.807, 2.05) is 0 Å². The van der Waals surface area contributed by atoms with Crippen molar-refractivity contribution < 1.29 is 26.8 Å². The summed E-state index contributed by atoms with van der Waals surface area (Å²) in [5, 5.41) is 1.45. The van der Waals surface area contributed by atoms with Crippen LogP contribution in [0.3, 0.4) is 0 Å². The van der Waals surface area contributed by atoms with Crippen molar-refractivity contribution in [2.75, 3.05) is 13.7 Å². The van der Waals surface area contributed by atoms with E-state index in [0.29, 0.717) is 11.3 Å². The van der Waals surface area contributed by atoms with E-state index in [0.717, 1.165) is 12.1 Å². The summed E-state index contributed by atoms with van der Waals surface area (Å²) in [4.78, 5) is 12.4. The number of amides is 1. The van der Waals surface area contributed by atoms with Gasteiger partial charge in [-0.05, 0) is 54.6 Å². The Hall–Kier alpha value is -3.13. The number of hydrogen-bond acceptors (Lipinski definition) is 5. The minimum Gasteiger partial charge on any atom is -0.497 e. The first-order valence-electron chi connectivity index (χ1n) is 8.37. The first-order valence-corrected chi connectivity index (χ1v) is 9.91. The van der Waals surface area contributed by atoms with Gasteiger partial charge in [0.1, 0.15) is 22.6 Å². The second kappa shape index (κ2) is 8.26. The van der Waals surface area contributed by atoms with Crippen LogP contribution < -0.4 is 10.1 Å². The Bertz CT molecular complexity index is 1050. The molecule has 3 rings (SSSR count). The van der Waals surface area contributed by atoms with Gasteiger partial charge in [-0.1, -0.05) is 6.07 Å². The molecule has 1 atom stereocenters. The van der Waals surface area contributed by atoms with E-state index in [4.69, 9.17) is 9.15 Å². The predicted octanol–water partition coefficient (Wildman–Crippen LogP) is 3.37. The van der Waals surface area contributed by atoms with Crippen molar-refractivity contribution >= 4 is 15.7 Å². The highest BCUT2D eigenvalue weighted by molar-refractivity contribution is 7.91. The molecule has 0 aliphatic heterocycles. The highest BCUT2D eigenvalue weighted by Crippen LogP contribution is 2.29. The van der Waals surface area contributed by atoms with E-state index in [9.17, 15) is 17.6 Å². The number of carbonyl (C=O) groups excluding carboxylic acids is 1. The van der Waals surface area contributed by atoms with Gasteiger partial charge in [0.05, 0.1) is 18.3 Å². The lowest BCUT2D eigenvalue weighted by molar-refractivity contribution is 0.0953. The van der Waals surface area contributed by atoms with Gasteiger partial charge in [-0.25, -0.2) is 12.8 Å². The second-order valence-corrected chi connectivity index (χ2v) is 8.08. The Labute approximate surface area is 161 Å². The van der Waals surface area contributed by atoms with Crippen LogP contribution in [0.4, 0.5) is 4.39 Å². The third-order valence-electron chi connectivity index (χ3n) is 4.16. The predicted molar refractivity (Wildman–Crippen MR) is 100 cm³/mol. The molecule has 0 saturated carbocycles. The fourth-order valence-corrected chi connectivity index (χ4v) is 4.26. The van der Waals surface area contributed by atoms with Gasteiger partial charge in [0.15, 0.2) is 9.84 Å². The van der Waals surface area contributed by atoms with E-state index in [2.05, 4.69) is 5.32 Å². The normalized spacial score (nSPS) is 12.4. The maximum Gasteiger partial charge on any atom is 0.251 e. The molecule has 0 radical (unpaired) electrons. The Morgan fingerprint density at radius 3 is 2.54 bits per heavy atom. The zero-order chi connectivity index (χ0) is 20.1. The third-order valence-corrected chi connectivity index (χ3v) is 6.23. The fourth-order valence-electron chi connectivity index (χ4n) is 2.68. The Kier molecular flexibility index (Phi) is 5.79. The molecule has 0 bridgehead atoms. The number of ether oxygens (including phenoxy) is 1. The van der Waals surface area contributed by atoms with Gasteiger partial charge in [-0.15, -0.1) is 0 Å². The third kappa shape index (κ3) is 4.23. The highest BCUT2D eigenvalue weighted by atomic mass is 32.2. The molecule has 0 spiro atoms. The standard InChI is InChI=1S/C20H18FNO5S/c1-26-16-5-2-4-14(12-16)20(23)22-13-19(18-6-3-11-27-18)28(24,25)17-9-7-15(21)8-10-17/h2-12,19H,13H2,1H3,(H,22,23).